The van der Waals surface area contributed by atoms with Gasteiger partial charge in [0.05, 0.1) is 50.8 Å². The van der Waals surface area contributed by atoms with Crippen LogP contribution in [0.3, 0.4) is 0 Å². The van der Waals surface area contributed by atoms with Crippen molar-refractivity contribution in [2.24, 2.45) is 20.0 Å². The van der Waals surface area contributed by atoms with Crippen LogP contribution in [0.2, 0.25) is 0 Å². The maximum absolute atomic E-state index is 5.59. The van der Waals surface area contributed by atoms with Gasteiger partial charge >= 0.3 is 132 Å². The number of hydrogen-bond acceptors (Lipinski definition) is 8. The minimum Gasteiger partial charge on any atom is -0.479 e. The van der Waals surface area contributed by atoms with Crippen molar-refractivity contribution in [1.82, 2.24) is 0 Å². The van der Waals surface area contributed by atoms with Crippen molar-refractivity contribution >= 4 is 179 Å². The number of ether oxygens (including phenoxy) is 4. The quantitative estimate of drug-likeness (QED) is 0.0712. The summed E-state index contributed by atoms with van der Waals surface area (Å²) in [5, 5.41) is 11.0. The predicted molar refractivity (Wildman–Crippen MR) is 376 cm³/mol. The van der Waals surface area contributed by atoms with Crippen LogP contribution in [0.25, 0.3) is 0 Å². The molecule has 0 atom stereocenters. The van der Waals surface area contributed by atoms with Gasteiger partial charge in [0.1, 0.15) is 26.4 Å². The molecular weight excluding hydrogens is 1530 g/mol. The fourth-order valence-electron chi connectivity index (χ4n) is 8.63. The van der Waals surface area contributed by atoms with Crippen LogP contribution in [0, 0.1) is 0 Å². The van der Waals surface area contributed by atoms with Crippen LogP contribution in [-0.2, 0) is 69.6 Å². The third kappa shape index (κ3) is 30.2. The Balaban J connectivity index is 0.000000201. The van der Waals surface area contributed by atoms with E-state index in [4.69, 9.17) is 101 Å². The SMILES string of the molecule is [Cl][Ni][Cl].[Cl][Ni][Cl].[Cl][Ni][Cl].[Cl][Ni][Cl].c1ccc(P(CC2=NCCO2)c2ccccc2)cc1.c1ccc(P(CC2=NCCO2)c2ccccc2)cc1.c1ccc(P(CC2=NCCO2)c2ccccc2)cc1.c1ccc(P(CC2=NCCO2)c2ccccc2)cc1. The van der Waals surface area contributed by atoms with Crippen LogP contribution in [0.4, 0.5) is 0 Å². The standard InChI is InChI=1S/4C16H16NOP.8ClH.4Ni/c4*1-3-7-14(8-4-1)19(13-16-17-11-12-18-16)15-9-5-2-6-10-15;;;;;;;;;;;;/h4*1-10H,11-13H2;8*1H;;;;/q;;;;;;;;;;;;4*+2/p-8. The maximum atomic E-state index is 5.59. The van der Waals surface area contributed by atoms with Crippen molar-refractivity contribution in [3.63, 3.8) is 0 Å². The molecule has 4 aliphatic heterocycles. The molecule has 0 bridgehead atoms. The average Bonchev–Trinajstić information content (AvgIpc) is 4.36. The molecule has 8 aromatic rings. The molecule has 0 saturated carbocycles. The molecule has 0 radical (unpaired) electrons. The van der Waals surface area contributed by atoms with E-state index >= 15 is 0 Å². The summed E-state index contributed by atoms with van der Waals surface area (Å²) in [5.41, 5.74) is 0. The van der Waals surface area contributed by atoms with Gasteiger partial charge in [-0.3, -0.25) is 20.0 Å². The van der Waals surface area contributed by atoms with Crippen LogP contribution >= 0.6 is 113 Å². The van der Waals surface area contributed by atoms with Gasteiger partial charge in [-0.1, -0.05) is 243 Å². The van der Waals surface area contributed by atoms with E-state index in [2.05, 4.69) is 263 Å². The topological polar surface area (TPSA) is 86.4 Å². The summed E-state index contributed by atoms with van der Waals surface area (Å²) in [6.45, 7) is 6.18. The van der Waals surface area contributed by atoms with Crippen molar-refractivity contribution in [2.75, 3.05) is 77.3 Å². The summed E-state index contributed by atoms with van der Waals surface area (Å²) in [5.74, 6) is 3.66. The van der Waals surface area contributed by atoms with Gasteiger partial charge in [0.15, 0.2) is 23.6 Å². The van der Waals surface area contributed by atoms with Gasteiger partial charge < -0.3 is 18.9 Å². The van der Waals surface area contributed by atoms with Gasteiger partial charge in [-0.2, -0.15) is 0 Å². The molecule has 12 rings (SSSR count). The number of benzene rings is 8. The zero-order valence-corrected chi connectivity index (χ0v) is 60.7. The number of halogens is 8. The second-order valence-electron chi connectivity index (χ2n) is 17.7. The average molecular weight is 1600 g/mol. The predicted octanol–water partition coefficient (Wildman–Crippen LogP) is 15.7. The van der Waals surface area contributed by atoms with Crippen LogP contribution < -0.4 is 42.4 Å². The van der Waals surface area contributed by atoms with Gasteiger partial charge in [0.25, 0.3) is 0 Å². The molecule has 0 spiro atoms. The zero-order chi connectivity index (χ0) is 62.5. The third-order valence-electron chi connectivity index (χ3n) is 12.3. The maximum Gasteiger partial charge on any atom is 0.188 e. The molecular formula is C64H64Cl8N4Ni4O4P4. The molecule has 0 amide bonds. The van der Waals surface area contributed by atoms with E-state index in [0.717, 1.165) is 101 Å². The Morgan fingerprint density at radius 1 is 0.239 bits per heavy atom. The fourth-order valence-corrected chi connectivity index (χ4v) is 17.4. The van der Waals surface area contributed by atoms with Crippen molar-refractivity contribution in [3.8, 4) is 0 Å². The number of nitrogens with zero attached hydrogens (tertiary/aromatic N) is 4. The molecule has 0 N–H and O–H groups in total. The van der Waals surface area contributed by atoms with E-state index in [1.54, 1.807) is 0 Å². The second-order valence-corrected chi connectivity index (χ2v) is 33.1. The number of hydrogen-bond donors (Lipinski definition) is 0. The third-order valence-corrected chi connectivity index (χ3v) is 22.0. The van der Waals surface area contributed by atoms with E-state index in [-0.39, 0.29) is 0 Å². The summed E-state index contributed by atoms with van der Waals surface area (Å²) in [6, 6.07) is 85.4. The van der Waals surface area contributed by atoms with Crippen LogP contribution in [-0.4, -0.2) is 101 Å². The molecule has 4 heterocycles. The summed E-state index contributed by atoms with van der Waals surface area (Å²) in [6.07, 6.45) is 3.62. The normalized spacial score (nSPS) is 13.3. The van der Waals surface area contributed by atoms with Gasteiger partial charge in [0.2, 0.25) is 0 Å². The van der Waals surface area contributed by atoms with Gasteiger partial charge in [-0.25, -0.2) is 0 Å². The Kier molecular flexibility index (Phi) is 42.8. The van der Waals surface area contributed by atoms with Crippen molar-refractivity contribution in [1.29, 1.82) is 0 Å². The van der Waals surface area contributed by atoms with E-state index < -0.39 is 31.7 Å². The first-order chi connectivity index (χ1) is 43.4. The van der Waals surface area contributed by atoms with E-state index in [0.29, 0.717) is 50.6 Å². The van der Waals surface area contributed by atoms with Gasteiger partial charge in [0, 0.05) is 0 Å². The first-order valence-electron chi connectivity index (χ1n) is 26.8. The summed E-state index contributed by atoms with van der Waals surface area (Å²) in [7, 11) is 35.9. The molecule has 0 fully saturated rings. The van der Waals surface area contributed by atoms with E-state index in [1.165, 1.54) is 42.4 Å². The number of aliphatic imine (C=N–C) groups is 4. The Bertz CT molecular complexity index is 2600. The summed E-state index contributed by atoms with van der Waals surface area (Å²) in [4.78, 5) is 17.7. The number of rotatable bonds is 16. The van der Waals surface area contributed by atoms with E-state index in [9.17, 15) is 0 Å². The van der Waals surface area contributed by atoms with Crippen LogP contribution in [0.15, 0.2) is 263 Å². The van der Waals surface area contributed by atoms with Gasteiger partial charge in [-0.05, 0) is 74.1 Å². The van der Waals surface area contributed by atoms with E-state index in [1.807, 2.05) is 0 Å². The molecule has 24 heteroatoms. The minimum atomic E-state index is -0.418. The Labute approximate surface area is 582 Å². The molecule has 480 valence electrons. The zero-order valence-electron chi connectivity index (χ0n) is 47.1. The van der Waals surface area contributed by atoms with Crippen molar-refractivity contribution < 1.29 is 69.6 Å². The van der Waals surface area contributed by atoms with Crippen molar-refractivity contribution in [2.45, 2.75) is 0 Å². The van der Waals surface area contributed by atoms with Crippen LogP contribution in [0.1, 0.15) is 0 Å². The molecule has 0 saturated heterocycles. The Morgan fingerprint density at radius 2 is 0.364 bits per heavy atom. The smallest absolute Gasteiger partial charge is 0.188 e. The summed E-state index contributed by atoms with van der Waals surface area (Å²) < 4.78 is 22.4. The van der Waals surface area contributed by atoms with Crippen LogP contribution in [0.5, 0.6) is 0 Å². The van der Waals surface area contributed by atoms with Gasteiger partial charge in [-0.15, -0.1) is 0 Å². The summed E-state index contributed by atoms with van der Waals surface area (Å²) >= 11 is 2.28. The fraction of sp³-hybridized carbons (Fsp3) is 0.188. The second kappa shape index (κ2) is 49.3. The van der Waals surface area contributed by atoms with Crippen molar-refractivity contribution in [3.05, 3.63) is 243 Å². The molecule has 4 aliphatic rings. The molecule has 8 nitrogen and oxygen atoms in total. The first kappa shape index (κ1) is 76.4. The molecule has 0 unspecified atom stereocenters. The Hall–Kier alpha value is -2.35. The monoisotopic (exact) mass is 1590 g/mol. The minimum absolute atomic E-state index is 0.418. The Morgan fingerprint density at radius 3 is 0.466 bits per heavy atom. The first-order valence-corrected chi connectivity index (χ1v) is 43.8. The molecule has 0 aromatic heterocycles. The molecule has 8 aromatic carbocycles. The molecule has 88 heavy (non-hydrogen) atoms. The largest absolute Gasteiger partial charge is 0.479 e. The molecule has 0 aliphatic carbocycles.